The van der Waals surface area contributed by atoms with E-state index in [1.165, 1.54) is 12.4 Å². The van der Waals surface area contributed by atoms with Gasteiger partial charge in [-0.1, -0.05) is 17.7 Å². The molecule has 2 rings (SSSR count). The van der Waals surface area contributed by atoms with Crippen molar-refractivity contribution < 1.29 is 26.4 Å². The first kappa shape index (κ1) is 20.1. The van der Waals surface area contributed by atoms with E-state index in [2.05, 4.69) is 9.71 Å². The molecule has 0 aliphatic carbocycles. The summed E-state index contributed by atoms with van der Waals surface area (Å²) < 4.78 is 63.6. The van der Waals surface area contributed by atoms with Gasteiger partial charge >= 0.3 is 6.18 Å². The van der Waals surface area contributed by atoms with Gasteiger partial charge in [-0.25, -0.2) is 13.1 Å². The van der Waals surface area contributed by atoms with Crippen LogP contribution in [0, 0.1) is 0 Å². The minimum atomic E-state index is -4.58. The molecule has 0 radical (unpaired) electrons. The van der Waals surface area contributed by atoms with E-state index >= 15 is 0 Å². The standard InChI is InChI=1S/C15H13ClF3N3O3S/c16-12-4-3-11(14(23)21-9-15(17,18)19)6-13(12)26(24,25)22-8-10-2-1-5-20-7-10/h1-7,22H,8-9H2,(H,21,23). The van der Waals surface area contributed by atoms with Crippen LogP contribution in [0.3, 0.4) is 0 Å². The highest BCUT2D eigenvalue weighted by atomic mass is 35.5. The predicted molar refractivity (Wildman–Crippen MR) is 88.1 cm³/mol. The van der Waals surface area contributed by atoms with Gasteiger partial charge in [-0.15, -0.1) is 0 Å². The monoisotopic (exact) mass is 407 g/mol. The zero-order valence-electron chi connectivity index (χ0n) is 13.0. The molecule has 0 unspecified atom stereocenters. The second kappa shape index (κ2) is 8.02. The Hall–Kier alpha value is -2.17. The van der Waals surface area contributed by atoms with E-state index in [0.29, 0.717) is 5.56 Å². The highest BCUT2D eigenvalue weighted by molar-refractivity contribution is 7.89. The normalized spacial score (nSPS) is 12.0. The lowest BCUT2D eigenvalue weighted by molar-refractivity contribution is -0.123. The topological polar surface area (TPSA) is 88.2 Å². The van der Waals surface area contributed by atoms with E-state index in [1.54, 1.807) is 17.4 Å². The molecule has 0 fully saturated rings. The average Bonchev–Trinajstić information content (AvgIpc) is 2.58. The molecule has 2 aromatic rings. The van der Waals surface area contributed by atoms with Gasteiger partial charge in [0.1, 0.15) is 11.4 Å². The van der Waals surface area contributed by atoms with Gasteiger partial charge in [-0.3, -0.25) is 9.78 Å². The Kier molecular flexibility index (Phi) is 6.21. The second-order valence-electron chi connectivity index (χ2n) is 5.13. The number of hydrogen-bond acceptors (Lipinski definition) is 4. The third-order valence-electron chi connectivity index (χ3n) is 3.12. The van der Waals surface area contributed by atoms with Crippen LogP contribution in [0.25, 0.3) is 0 Å². The summed E-state index contributed by atoms with van der Waals surface area (Å²) in [5.41, 5.74) is 0.326. The Morgan fingerprint density at radius 2 is 1.96 bits per heavy atom. The van der Waals surface area contributed by atoms with Crippen molar-refractivity contribution >= 4 is 27.5 Å². The number of nitrogens with zero attached hydrogens (tertiary/aromatic N) is 1. The van der Waals surface area contributed by atoms with Gasteiger partial charge in [0.2, 0.25) is 10.0 Å². The molecule has 0 spiro atoms. The number of rotatable bonds is 6. The Bertz CT molecular complexity index is 890. The molecule has 11 heteroatoms. The summed E-state index contributed by atoms with van der Waals surface area (Å²) in [5, 5.41) is 1.49. The molecular formula is C15H13ClF3N3O3S. The summed E-state index contributed by atoms with van der Waals surface area (Å²) in [6.07, 6.45) is -1.59. The number of amides is 1. The second-order valence-corrected chi connectivity index (χ2v) is 7.27. The molecule has 1 amide bonds. The van der Waals surface area contributed by atoms with Crippen molar-refractivity contribution in [3.8, 4) is 0 Å². The minimum absolute atomic E-state index is 0.0724. The third kappa shape index (κ3) is 5.68. The van der Waals surface area contributed by atoms with Crippen LogP contribution in [-0.2, 0) is 16.6 Å². The van der Waals surface area contributed by atoms with Crippen LogP contribution < -0.4 is 10.0 Å². The Balaban J connectivity index is 2.18. The van der Waals surface area contributed by atoms with Crippen molar-refractivity contribution in [1.29, 1.82) is 0 Å². The summed E-state index contributed by atoms with van der Waals surface area (Å²) >= 11 is 5.87. The largest absolute Gasteiger partial charge is 0.405 e. The van der Waals surface area contributed by atoms with E-state index < -0.39 is 33.5 Å². The van der Waals surface area contributed by atoms with E-state index in [9.17, 15) is 26.4 Å². The lowest BCUT2D eigenvalue weighted by atomic mass is 10.2. The van der Waals surface area contributed by atoms with Crippen LogP contribution in [0.4, 0.5) is 13.2 Å². The first-order chi connectivity index (χ1) is 12.1. The molecule has 2 N–H and O–H groups in total. The smallest absolute Gasteiger partial charge is 0.343 e. The van der Waals surface area contributed by atoms with Crippen LogP contribution in [0.5, 0.6) is 0 Å². The fourth-order valence-electron chi connectivity index (χ4n) is 1.89. The minimum Gasteiger partial charge on any atom is -0.343 e. The number of benzene rings is 1. The van der Waals surface area contributed by atoms with Crippen molar-refractivity contribution in [2.75, 3.05) is 6.54 Å². The maximum atomic E-state index is 12.4. The van der Waals surface area contributed by atoms with Crippen LogP contribution >= 0.6 is 11.6 Å². The SMILES string of the molecule is O=C(NCC(F)(F)F)c1ccc(Cl)c(S(=O)(=O)NCc2cccnc2)c1. The van der Waals surface area contributed by atoms with Crippen LogP contribution in [0.15, 0.2) is 47.6 Å². The van der Waals surface area contributed by atoms with Crippen molar-refractivity contribution in [3.63, 3.8) is 0 Å². The lowest BCUT2D eigenvalue weighted by Crippen LogP contribution is -2.33. The maximum Gasteiger partial charge on any atom is 0.405 e. The molecule has 1 aromatic heterocycles. The quantitative estimate of drug-likeness (QED) is 0.770. The number of aromatic nitrogens is 1. The van der Waals surface area contributed by atoms with Gasteiger partial charge < -0.3 is 5.32 Å². The van der Waals surface area contributed by atoms with Crippen LogP contribution in [-0.4, -0.2) is 32.0 Å². The molecule has 0 saturated heterocycles. The summed E-state index contributed by atoms with van der Waals surface area (Å²) in [4.78, 5) is 15.2. The lowest BCUT2D eigenvalue weighted by Gasteiger charge is -2.11. The van der Waals surface area contributed by atoms with E-state index in [0.717, 1.165) is 18.2 Å². The van der Waals surface area contributed by atoms with Crippen LogP contribution in [0.2, 0.25) is 5.02 Å². The molecule has 1 aromatic carbocycles. The number of carbonyl (C=O) groups is 1. The molecule has 0 aliphatic rings. The van der Waals surface area contributed by atoms with Crippen molar-refractivity contribution in [1.82, 2.24) is 15.0 Å². The highest BCUT2D eigenvalue weighted by Gasteiger charge is 2.28. The number of nitrogens with one attached hydrogen (secondary N) is 2. The Morgan fingerprint density at radius 3 is 2.58 bits per heavy atom. The molecule has 0 aliphatic heterocycles. The van der Waals surface area contributed by atoms with Gasteiger partial charge in [-0.05, 0) is 29.8 Å². The van der Waals surface area contributed by atoms with Crippen molar-refractivity contribution in [3.05, 3.63) is 58.9 Å². The molecule has 0 bridgehead atoms. The van der Waals surface area contributed by atoms with Gasteiger partial charge in [0.15, 0.2) is 0 Å². The maximum absolute atomic E-state index is 12.4. The van der Waals surface area contributed by atoms with Gasteiger partial charge in [0.05, 0.1) is 5.02 Å². The zero-order chi connectivity index (χ0) is 19.4. The molecule has 140 valence electrons. The van der Waals surface area contributed by atoms with Gasteiger partial charge in [-0.2, -0.15) is 13.2 Å². The van der Waals surface area contributed by atoms with E-state index in [-0.39, 0.29) is 17.1 Å². The van der Waals surface area contributed by atoms with Crippen molar-refractivity contribution in [2.24, 2.45) is 0 Å². The first-order valence-electron chi connectivity index (χ1n) is 7.11. The summed E-state index contributed by atoms with van der Waals surface area (Å²) in [6, 6.07) is 6.46. The summed E-state index contributed by atoms with van der Waals surface area (Å²) in [7, 11) is -4.10. The Labute approximate surface area is 152 Å². The van der Waals surface area contributed by atoms with Gasteiger partial charge in [0.25, 0.3) is 5.91 Å². The fourth-order valence-corrected chi connectivity index (χ4v) is 3.43. The number of sulfonamides is 1. The molecule has 26 heavy (non-hydrogen) atoms. The fraction of sp³-hybridized carbons (Fsp3) is 0.200. The highest BCUT2D eigenvalue weighted by Crippen LogP contribution is 2.23. The number of alkyl halides is 3. The van der Waals surface area contributed by atoms with Crippen LogP contribution in [0.1, 0.15) is 15.9 Å². The van der Waals surface area contributed by atoms with Gasteiger partial charge in [0, 0.05) is 24.5 Å². The number of halogens is 4. The van der Waals surface area contributed by atoms with E-state index in [1.807, 2.05) is 0 Å². The summed E-state index contributed by atoms with van der Waals surface area (Å²) in [6.45, 7) is -1.60. The average molecular weight is 408 g/mol. The molecule has 6 nitrogen and oxygen atoms in total. The third-order valence-corrected chi connectivity index (χ3v) is 5.00. The van der Waals surface area contributed by atoms with Crippen molar-refractivity contribution in [2.45, 2.75) is 17.6 Å². The number of pyridine rings is 1. The molecule has 0 saturated carbocycles. The molecule has 0 atom stereocenters. The first-order valence-corrected chi connectivity index (χ1v) is 8.98. The molecular weight excluding hydrogens is 395 g/mol. The number of hydrogen-bond donors (Lipinski definition) is 2. The van der Waals surface area contributed by atoms with E-state index in [4.69, 9.17) is 11.6 Å². The summed E-state index contributed by atoms with van der Waals surface area (Å²) in [5.74, 6) is -1.07. The zero-order valence-corrected chi connectivity index (χ0v) is 14.6. The molecule has 1 heterocycles. The Morgan fingerprint density at radius 1 is 1.23 bits per heavy atom. The predicted octanol–water partition coefficient (Wildman–Crippen LogP) is 2.51. The number of carbonyl (C=O) groups excluding carboxylic acids is 1.